The van der Waals surface area contributed by atoms with Crippen molar-refractivity contribution in [2.45, 2.75) is 19.5 Å². The number of carbonyl (C=O) groups is 1. The van der Waals surface area contributed by atoms with E-state index in [0.717, 1.165) is 6.42 Å². The van der Waals surface area contributed by atoms with Gasteiger partial charge in [0.05, 0.1) is 17.9 Å². The Kier molecular flexibility index (Phi) is 6.93. The Bertz CT molecular complexity index is 453. The lowest BCUT2D eigenvalue weighted by atomic mass is 10.2. The summed E-state index contributed by atoms with van der Waals surface area (Å²) < 4.78 is 40.0. The van der Waals surface area contributed by atoms with Crippen LogP contribution in [-0.2, 0) is 4.74 Å². The van der Waals surface area contributed by atoms with Crippen LogP contribution in [-0.4, -0.2) is 43.4 Å². The fourth-order valence-corrected chi connectivity index (χ4v) is 1.51. The SMILES string of the molecule is CCCNc1ccncc1C(=O)NCCOCC(F)(F)F. The van der Waals surface area contributed by atoms with Crippen LogP contribution >= 0.6 is 0 Å². The van der Waals surface area contributed by atoms with Crippen molar-refractivity contribution in [3.05, 3.63) is 24.0 Å². The summed E-state index contributed by atoms with van der Waals surface area (Å²) in [5.74, 6) is -0.405. The number of hydrogen-bond donors (Lipinski definition) is 2. The van der Waals surface area contributed by atoms with Gasteiger partial charge in [-0.05, 0) is 12.5 Å². The molecule has 0 atom stereocenters. The number of ether oxygens (including phenoxy) is 1. The zero-order valence-electron chi connectivity index (χ0n) is 11.7. The number of amides is 1. The Morgan fingerprint density at radius 1 is 1.38 bits per heavy atom. The number of aromatic nitrogens is 1. The normalized spacial score (nSPS) is 11.2. The molecular formula is C13H18F3N3O2. The van der Waals surface area contributed by atoms with E-state index in [1.807, 2.05) is 6.92 Å². The Hall–Kier alpha value is -1.83. The van der Waals surface area contributed by atoms with Gasteiger partial charge in [0.15, 0.2) is 0 Å². The molecule has 0 unspecified atom stereocenters. The van der Waals surface area contributed by atoms with Crippen LogP contribution in [0.25, 0.3) is 0 Å². The van der Waals surface area contributed by atoms with E-state index >= 15 is 0 Å². The van der Waals surface area contributed by atoms with Crippen LogP contribution in [0.1, 0.15) is 23.7 Å². The number of rotatable bonds is 8. The highest BCUT2D eigenvalue weighted by Crippen LogP contribution is 2.14. The smallest absolute Gasteiger partial charge is 0.384 e. The molecule has 0 aliphatic carbocycles. The summed E-state index contributed by atoms with van der Waals surface area (Å²) >= 11 is 0. The molecular weight excluding hydrogens is 287 g/mol. The maximum Gasteiger partial charge on any atom is 0.411 e. The molecule has 1 amide bonds. The van der Waals surface area contributed by atoms with Gasteiger partial charge in [-0.2, -0.15) is 13.2 Å². The van der Waals surface area contributed by atoms with Crippen molar-refractivity contribution in [3.63, 3.8) is 0 Å². The van der Waals surface area contributed by atoms with Gasteiger partial charge in [-0.1, -0.05) is 6.92 Å². The molecule has 0 fully saturated rings. The van der Waals surface area contributed by atoms with E-state index in [0.29, 0.717) is 17.8 Å². The molecule has 0 saturated carbocycles. The number of nitrogens with one attached hydrogen (secondary N) is 2. The van der Waals surface area contributed by atoms with Crippen LogP contribution in [0.15, 0.2) is 18.5 Å². The van der Waals surface area contributed by atoms with Gasteiger partial charge >= 0.3 is 6.18 Å². The summed E-state index contributed by atoms with van der Waals surface area (Å²) in [7, 11) is 0. The minimum Gasteiger partial charge on any atom is -0.384 e. The standard InChI is InChI=1S/C13H18F3N3O2/c1-2-4-18-11-3-5-17-8-10(11)12(20)19-6-7-21-9-13(14,15)16/h3,5,8H,2,4,6-7,9H2,1H3,(H,17,18)(H,19,20). The molecule has 0 aromatic carbocycles. The predicted molar refractivity (Wildman–Crippen MR) is 72.2 cm³/mol. The molecule has 0 spiro atoms. The number of alkyl halides is 3. The van der Waals surface area contributed by atoms with E-state index < -0.39 is 18.7 Å². The second-order valence-electron chi connectivity index (χ2n) is 4.27. The molecule has 1 heterocycles. The summed E-state index contributed by atoms with van der Waals surface area (Å²) in [5, 5.41) is 5.58. The molecule has 1 aromatic rings. The number of halogens is 3. The topological polar surface area (TPSA) is 63.2 Å². The largest absolute Gasteiger partial charge is 0.411 e. The molecule has 1 aromatic heterocycles. The quantitative estimate of drug-likeness (QED) is 0.723. The first-order chi connectivity index (χ1) is 9.94. The van der Waals surface area contributed by atoms with Gasteiger partial charge in [-0.25, -0.2) is 0 Å². The van der Waals surface area contributed by atoms with Crippen LogP contribution in [0, 0.1) is 0 Å². The highest BCUT2D eigenvalue weighted by atomic mass is 19.4. The van der Waals surface area contributed by atoms with Crippen molar-refractivity contribution in [1.82, 2.24) is 10.3 Å². The molecule has 2 N–H and O–H groups in total. The molecule has 0 saturated heterocycles. The Labute approximate surface area is 120 Å². The van der Waals surface area contributed by atoms with Crippen molar-refractivity contribution in [2.75, 3.05) is 31.6 Å². The van der Waals surface area contributed by atoms with Crippen LogP contribution in [0.3, 0.4) is 0 Å². The maximum atomic E-state index is 11.9. The van der Waals surface area contributed by atoms with E-state index in [9.17, 15) is 18.0 Å². The third-order valence-electron chi connectivity index (χ3n) is 2.43. The molecule has 21 heavy (non-hydrogen) atoms. The molecule has 118 valence electrons. The van der Waals surface area contributed by atoms with Crippen molar-refractivity contribution in [1.29, 1.82) is 0 Å². The third kappa shape index (κ3) is 6.94. The van der Waals surface area contributed by atoms with Crippen LogP contribution in [0.2, 0.25) is 0 Å². The Morgan fingerprint density at radius 3 is 2.81 bits per heavy atom. The highest BCUT2D eigenvalue weighted by Gasteiger charge is 2.27. The third-order valence-corrected chi connectivity index (χ3v) is 2.43. The van der Waals surface area contributed by atoms with Gasteiger partial charge in [0.1, 0.15) is 6.61 Å². The van der Waals surface area contributed by atoms with Gasteiger partial charge in [0.2, 0.25) is 0 Å². The molecule has 0 radical (unpaired) electrons. The summed E-state index contributed by atoms with van der Waals surface area (Å²) in [6.45, 7) is 1.17. The Morgan fingerprint density at radius 2 is 2.14 bits per heavy atom. The lowest BCUT2D eigenvalue weighted by Crippen LogP contribution is -2.29. The minimum atomic E-state index is -4.36. The van der Waals surface area contributed by atoms with Gasteiger partial charge < -0.3 is 15.4 Å². The molecule has 0 aliphatic heterocycles. The average Bonchev–Trinajstić information content (AvgIpc) is 2.43. The number of hydrogen-bond acceptors (Lipinski definition) is 4. The second-order valence-corrected chi connectivity index (χ2v) is 4.27. The van der Waals surface area contributed by atoms with Crippen LogP contribution in [0.5, 0.6) is 0 Å². The van der Waals surface area contributed by atoms with Gasteiger partial charge in [-0.3, -0.25) is 9.78 Å². The fraction of sp³-hybridized carbons (Fsp3) is 0.538. The fourth-order valence-electron chi connectivity index (χ4n) is 1.51. The summed E-state index contributed by atoms with van der Waals surface area (Å²) in [6.07, 6.45) is -0.496. The Balaban J connectivity index is 2.41. The van der Waals surface area contributed by atoms with Crippen molar-refractivity contribution >= 4 is 11.6 Å². The number of anilines is 1. The monoisotopic (exact) mass is 305 g/mol. The maximum absolute atomic E-state index is 11.9. The van der Waals surface area contributed by atoms with Gasteiger partial charge in [0, 0.05) is 25.5 Å². The first-order valence-corrected chi connectivity index (χ1v) is 6.54. The van der Waals surface area contributed by atoms with Crippen molar-refractivity contribution in [2.24, 2.45) is 0 Å². The number of nitrogens with zero attached hydrogens (tertiary/aromatic N) is 1. The van der Waals surface area contributed by atoms with E-state index in [4.69, 9.17) is 0 Å². The van der Waals surface area contributed by atoms with Crippen LogP contribution < -0.4 is 10.6 Å². The highest BCUT2D eigenvalue weighted by molar-refractivity contribution is 5.99. The first-order valence-electron chi connectivity index (χ1n) is 6.54. The van der Waals surface area contributed by atoms with E-state index in [2.05, 4.69) is 20.4 Å². The van der Waals surface area contributed by atoms with Crippen molar-refractivity contribution in [3.8, 4) is 0 Å². The predicted octanol–water partition coefficient (Wildman–Crippen LogP) is 2.21. The number of carbonyl (C=O) groups excluding carboxylic acids is 1. The molecule has 5 nitrogen and oxygen atoms in total. The van der Waals surface area contributed by atoms with Gasteiger partial charge in [0.25, 0.3) is 5.91 Å². The van der Waals surface area contributed by atoms with Crippen LogP contribution in [0.4, 0.5) is 18.9 Å². The second kappa shape index (κ2) is 8.46. The molecule has 0 aliphatic rings. The summed E-state index contributed by atoms with van der Waals surface area (Å²) in [5.41, 5.74) is 0.988. The lowest BCUT2D eigenvalue weighted by Gasteiger charge is -2.11. The minimum absolute atomic E-state index is 0.00295. The number of pyridine rings is 1. The molecule has 8 heteroatoms. The lowest BCUT2D eigenvalue weighted by molar-refractivity contribution is -0.173. The molecule has 1 rings (SSSR count). The average molecular weight is 305 g/mol. The first kappa shape index (κ1) is 17.2. The van der Waals surface area contributed by atoms with Gasteiger partial charge in [-0.15, -0.1) is 0 Å². The summed E-state index contributed by atoms with van der Waals surface area (Å²) in [6, 6.07) is 1.67. The summed E-state index contributed by atoms with van der Waals surface area (Å²) in [4.78, 5) is 15.8. The van der Waals surface area contributed by atoms with E-state index in [1.165, 1.54) is 6.20 Å². The van der Waals surface area contributed by atoms with Crippen molar-refractivity contribution < 1.29 is 22.7 Å². The molecule has 0 bridgehead atoms. The van der Waals surface area contributed by atoms with E-state index in [-0.39, 0.29) is 13.2 Å². The van der Waals surface area contributed by atoms with E-state index in [1.54, 1.807) is 12.3 Å². The zero-order chi connectivity index (χ0) is 15.7. The zero-order valence-corrected chi connectivity index (χ0v) is 11.7.